The van der Waals surface area contributed by atoms with Gasteiger partial charge in [0.1, 0.15) is 5.75 Å². The molecule has 6 heteroatoms. The minimum atomic E-state index is -0.879. The molecule has 0 fully saturated rings. The highest BCUT2D eigenvalue weighted by atomic mass is 19.1. The van der Waals surface area contributed by atoms with Gasteiger partial charge in [0.05, 0.1) is 13.2 Å². The zero-order valence-corrected chi connectivity index (χ0v) is 11.4. The molecule has 0 aliphatic heterocycles. The number of hydrogen-bond acceptors (Lipinski definition) is 4. The first kappa shape index (κ1) is 14.9. The van der Waals surface area contributed by atoms with E-state index in [0.717, 1.165) is 6.07 Å². The fourth-order valence-electron chi connectivity index (χ4n) is 1.80. The molecule has 1 aromatic carbocycles. The summed E-state index contributed by atoms with van der Waals surface area (Å²) in [5.41, 5.74) is 0.774. The van der Waals surface area contributed by atoms with E-state index < -0.39 is 18.0 Å². The molecular formula is C15H15FN2O3. The fraction of sp³-hybridized carbons (Fsp3) is 0.200. The predicted molar refractivity (Wildman–Crippen MR) is 74.5 cm³/mol. The van der Waals surface area contributed by atoms with Gasteiger partial charge in [0.25, 0.3) is 5.91 Å². The summed E-state index contributed by atoms with van der Waals surface area (Å²) in [6, 6.07) is 9.35. The maximum Gasteiger partial charge on any atom is 0.251 e. The molecule has 0 bridgehead atoms. The number of halogens is 1. The van der Waals surface area contributed by atoms with Crippen LogP contribution in [0, 0.1) is 5.95 Å². The van der Waals surface area contributed by atoms with E-state index in [1.165, 1.54) is 19.4 Å². The van der Waals surface area contributed by atoms with Crippen LogP contribution in [0.3, 0.4) is 0 Å². The van der Waals surface area contributed by atoms with Gasteiger partial charge in [-0.3, -0.25) is 4.79 Å². The van der Waals surface area contributed by atoms with E-state index in [1.54, 1.807) is 24.3 Å². The summed E-state index contributed by atoms with van der Waals surface area (Å²) in [4.78, 5) is 15.2. The summed E-state index contributed by atoms with van der Waals surface area (Å²) in [6.07, 6.45) is 0.332. The van der Waals surface area contributed by atoms with Gasteiger partial charge in [-0.1, -0.05) is 12.1 Å². The molecule has 0 saturated carbocycles. The number of amides is 1. The third-order valence-electron chi connectivity index (χ3n) is 2.92. The lowest BCUT2D eigenvalue weighted by molar-refractivity contribution is 0.0915. The molecule has 1 aromatic heterocycles. The van der Waals surface area contributed by atoms with Crippen LogP contribution in [0.25, 0.3) is 0 Å². The van der Waals surface area contributed by atoms with Gasteiger partial charge in [-0.05, 0) is 23.8 Å². The number of nitrogens with one attached hydrogen (secondary N) is 1. The number of methoxy groups -OCH3 is 1. The van der Waals surface area contributed by atoms with Crippen molar-refractivity contribution in [2.24, 2.45) is 0 Å². The fourth-order valence-corrected chi connectivity index (χ4v) is 1.80. The standard InChI is InChI=1S/C15H15FN2O3/c1-21-12-4-2-3-10(7-12)13(19)9-18-15(20)11-5-6-17-14(16)8-11/h2-8,13,19H,9H2,1H3,(H,18,20). The van der Waals surface area contributed by atoms with Gasteiger partial charge in [0, 0.05) is 24.4 Å². The summed E-state index contributed by atoms with van der Waals surface area (Å²) in [7, 11) is 1.53. The van der Waals surface area contributed by atoms with Crippen LogP contribution in [0.1, 0.15) is 22.0 Å². The molecule has 2 rings (SSSR count). The molecule has 0 spiro atoms. The highest BCUT2D eigenvalue weighted by Gasteiger charge is 2.12. The van der Waals surface area contributed by atoms with Crippen molar-refractivity contribution in [3.63, 3.8) is 0 Å². The lowest BCUT2D eigenvalue weighted by Gasteiger charge is -2.13. The molecule has 0 saturated heterocycles. The lowest BCUT2D eigenvalue weighted by atomic mass is 10.1. The van der Waals surface area contributed by atoms with Crippen molar-refractivity contribution in [3.8, 4) is 5.75 Å². The van der Waals surface area contributed by atoms with Crippen molar-refractivity contribution in [2.45, 2.75) is 6.10 Å². The number of pyridine rings is 1. The van der Waals surface area contributed by atoms with E-state index in [0.29, 0.717) is 11.3 Å². The van der Waals surface area contributed by atoms with Crippen molar-refractivity contribution in [1.82, 2.24) is 10.3 Å². The topological polar surface area (TPSA) is 71.5 Å². The Bertz CT molecular complexity index is 634. The molecule has 21 heavy (non-hydrogen) atoms. The van der Waals surface area contributed by atoms with Crippen molar-refractivity contribution in [2.75, 3.05) is 13.7 Å². The second-order valence-corrected chi connectivity index (χ2v) is 4.37. The first-order valence-electron chi connectivity index (χ1n) is 6.32. The van der Waals surface area contributed by atoms with Gasteiger partial charge in [0.15, 0.2) is 0 Å². The van der Waals surface area contributed by atoms with Crippen molar-refractivity contribution >= 4 is 5.91 Å². The first-order valence-corrected chi connectivity index (χ1v) is 6.32. The number of carbonyl (C=O) groups is 1. The number of hydrogen-bond donors (Lipinski definition) is 2. The zero-order valence-electron chi connectivity index (χ0n) is 11.4. The summed E-state index contributed by atoms with van der Waals surface area (Å²) < 4.78 is 18.0. The molecule has 5 nitrogen and oxygen atoms in total. The summed E-state index contributed by atoms with van der Waals surface area (Å²) in [5.74, 6) is -0.580. The maximum absolute atomic E-state index is 12.9. The van der Waals surface area contributed by atoms with Crippen LogP contribution in [-0.2, 0) is 0 Å². The third kappa shape index (κ3) is 4.00. The Balaban J connectivity index is 1.97. The highest BCUT2D eigenvalue weighted by molar-refractivity contribution is 5.94. The van der Waals surface area contributed by atoms with Gasteiger partial charge in [-0.2, -0.15) is 4.39 Å². The summed E-state index contributed by atoms with van der Waals surface area (Å²) >= 11 is 0. The minimum absolute atomic E-state index is 0.00986. The Morgan fingerprint density at radius 1 is 1.43 bits per heavy atom. The van der Waals surface area contributed by atoms with Gasteiger partial charge >= 0.3 is 0 Å². The first-order chi connectivity index (χ1) is 10.1. The van der Waals surface area contributed by atoms with E-state index in [1.807, 2.05) is 0 Å². The largest absolute Gasteiger partial charge is 0.497 e. The van der Waals surface area contributed by atoms with Gasteiger partial charge < -0.3 is 15.2 Å². The van der Waals surface area contributed by atoms with Crippen molar-refractivity contribution in [3.05, 3.63) is 59.7 Å². The van der Waals surface area contributed by atoms with Crippen LogP contribution in [0.15, 0.2) is 42.6 Å². The molecule has 0 aliphatic rings. The molecule has 2 N–H and O–H groups in total. The normalized spacial score (nSPS) is 11.8. The second kappa shape index (κ2) is 6.81. The van der Waals surface area contributed by atoms with Gasteiger partial charge in [-0.25, -0.2) is 4.98 Å². The molecule has 2 aromatic rings. The Labute approximate surface area is 121 Å². The smallest absolute Gasteiger partial charge is 0.251 e. The average Bonchev–Trinajstić information content (AvgIpc) is 2.52. The van der Waals surface area contributed by atoms with E-state index >= 15 is 0 Å². The van der Waals surface area contributed by atoms with E-state index in [-0.39, 0.29) is 12.1 Å². The minimum Gasteiger partial charge on any atom is -0.497 e. The number of rotatable bonds is 5. The number of ether oxygens (including phenoxy) is 1. The summed E-state index contributed by atoms with van der Waals surface area (Å²) in [6.45, 7) is 0.00986. The molecule has 110 valence electrons. The number of nitrogens with zero attached hydrogens (tertiary/aromatic N) is 1. The van der Waals surface area contributed by atoms with Gasteiger partial charge in [-0.15, -0.1) is 0 Å². The Morgan fingerprint density at radius 2 is 2.24 bits per heavy atom. The van der Waals surface area contributed by atoms with Crippen LogP contribution in [0.2, 0.25) is 0 Å². The van der Waals surface area contributed by atoms with Crippen LogP contribution >= 0.6 is 0 Å². The zero-order chi connectivity index (χ0) is 15.2. The SMILES string of the molecule is COc1cccc(C(O)CNC(=O)c2ccnc(F)c2)c1. The molecular weight excluding hydrogens is 275 g/mol. The second-order valence-electron chi connectivity index (χ2n) is 4.37. The lowest BCUT2D eigenvalue weighted by Crippen LogP contribution is -2.28. The number of benzene rings is 1. The van der Waals surface area contributed by atoms with Crippen LogP contribution in [-0.4, -0.2) is 29.7 Å². The van der Waals surface area contributed by atoms with Crippen molar-refractivity contribution in [1.29, 1.82) is 0 Å². The van der Waals surface area contributed by atoms with Gasteiger partial charge in [0.2, 0.25) is 5.95 Å². The molecule has 1 heterocycles. The molecule has 1 atom stereocenters. The monoisotopic (exact) mass is 290 g/mol. The molecule has 0 aliphatic carbocycles. The molecule has 1 unspecified atom stereocenters. The third-order valence-corrected chi connectivity index (χ3v) is 2.92. The van der Waals surface area contributed by atoms with Crippen LogP contribution in [0.5, 0.6) is 5.75 Å². The van der Waals surface area contributed by atoms with E-state index in [2.05, 4.69) is 10.3 Å². The number of aliphatic hydroxyl groups is 1. The molecule has 0 radical (unpaired) electrons. The maximum atomic E-state index is 12.9. The Morgan fingerprint density at radius 3 is 2.95 bits per heavy atom. The highest BCUT2D eigenvalue weighted by Crippen LogP contribution is 2.18. The number of carbonyl (C=O) groups excluding carboxylic acids is 1. The quantitative estimate of drug-likeness (QED) is 0.822. The number of aromatic nitrogens is 1. The van der Waals surface area contributed by atoms with Crippen LogP contribution < -0.4 is 10.1 Å². The Hall–Kier alpha value is -2.47. The van der Waals surface area contributed by atoms with Crippen LogP contribution in [0.4, 0.5) is 4.39 Å². The Kier molecular flexibility index (Phi) is 4.84. The van der Waals surface area contributed by atoms with Crippen molar-refractivity contribution < 1.29 is 19.0 Å². The summed E-state index contributed by atoms with van der Waals surface area (Å²) in [5, 5.41) is 12.6. The predicted octanol–water partition coefficient (Wildman–Crippen LogP) is 1.69. The average molecular weight is 290 g/mol. The van der Waals surface area contributed by atoms with E-state index in [9.17, 15) is 14.3 Å². The molecule has 1 amide bonds. The van der Waals surface area contributed by atoms with E-state index in [4.69, 9.17) is 4.74 Å². The number of aliphatic hydroxyl groups excluding tert-OH is 1.